The smallest absolute Gasteiger partial charge is 0.389 e. The summed E-state index contributed by atoms with van der Waals surface area (Å²) in [5.74, 6) is 0.197. The van der Waals surface area contributed by atoms with Crippen LogP contribution in [0.3, 0.4) is 0 Å². The summed E-state index contributed by atoms with van der Waals surface area (Å²) in [6.45, 7) is 5.75. The number of alkyl halides is 3. The monoisotopic (exact) mass is 305 g/mol. The quantitative estimate of drug-likeness (QED) is 0.868. The van der Waals surface area contributed by atoms with Gasteiger partial charge in [-0.3, -0.25) is 0 Å². The summed E-state index contributed by atoms with van der Waals surface area (Å²) in [5.41, 5.74) is 7.42. The van der Waals surface area contributed by atoms with Crippen LogP contribution in [-0.2, 0) is 0 Å². The summed E-state index contributed by atoms with van der Waals surface area (Å²) < 4.78 is 38.3. The lowest BCUT2D eigenvalue weighted by Gasteiger charge is -2.31. The van der Waals surface area contributed by atoms with Gasteiger partial charge in [0.2, 0.25) is 0 Å². The summed E-state index contributed by atoms with van der Waals surface area (Å²) in [7, 11) is 0. The minimum atomic E-state index is -4.32. The molecule has 0 fully saturated rings. The molecule has 2 N–H and O–H groups in total. The number of rotatable bonds is 4. The molecule has 0 aromatic carbocycles. The van der Waals surface area contributed by atoms with Crippen LogP contribution in [-0.4, -0.2) is 28.7 Å². The molecule has 0 bridgehead atoms. The first-order chi connectivity index (χ1) is 9.03. The maximum absolute atomic E-state index is 12.8. The van der Waals surface area contributed by atoms with Gasteiger partial charge in [-0.1, -0.05) is 12.2 Å². The van der Waals surface area contributed by atoms with Crippen molar-refractivity contribution in [3.05, 3.63) is 22.9 Å². The highest BCUT2D eigenvalue weighted by molar-refractivity contribution is 7.80. The Morgan fingerprint density at radius 1 is 1.40 bits per heavy atom. The van der Waals surface area contributed by atoms with Crippen LogP contribution in [0.15, 0.2) is 6.07 Å². The van der Waals surface area contributed by atoms with Crippen LogP contribution in [0.5, 0.6) is 0 Å². The first-order valence-corrected chi connectivity index (χ1v) is 6.55. The van der Waals surface area contributed by atoms with Gasteiger partial charge < -0.3 is 10.6 Å². The SMILES string of the molecule is Cc1cc(C)c(C(N)=S)c(N(CC(F)(F)F)C(C)C)n1. The molecule has 0 radical (unpaired) electrons. The third kappa shape index (κ3) is 4.06. The lowest BCUT2D eigenvalue weighted by Crippen LogP contribution is -2.41. The van der Waals surface area contributed by atoms with Crippen LogP contribution in [0.2, 0.25) is 0 Å². The van der Waals surface area contributed by atoms with Gasteiger partial charge in [-0.05, 0) is 39.3 Å². The van der Waals surface area contributed by atoms with E-state index in [4.69, 9.17) is 18.0 Å². The van der Waals surface area contributed by atoms with Crippen LogP contribution >= 0.6 is 12.2 Å². The minimum Gasteiger partial charge on any atom is -0.389 e. The van der Waals surface area contributed by atoms with E-state index in [-0.39, 0.29) is 16.8 Å². The number of nitrogens with two attached hydrogens (primary N) is 1. The number of hydrogen-bond acceptors (Lipinski definition) is 3. The second kappa shape index (κ2) is 5.95. The van der Waals surface area contributed by atoms with Gasteiger partial charge in [0, 0.05) is 11.7 Å². The zero-order valence-electron chi connectivity index (χ0n) is 11.9. The highest BCUT2D eigenvalue weighted by Gasteiger charge is 2.34. The number of pyridine rings is 1. The highest BCUT2D eigenvalue weighted by atomic mass is 32.1. The van der Waals surface area contributed by atoms with Crippen molar-refractivity contribution in [3.8, 4) is 0 Å². The van der Waals surface area contributed by atoms with Crippen molar-refractivity contribution >= 4 is 23.0 Å². The van der Waals surface area contributed by atoms with E-state index in [0.717, 1.165) is 5.56 Å². The molecule has 1 rings (SSSR count). The maximum atomic E-state index is 12.8. The molecule has 0 saturated carbocycles. The number of aromatic nitrogens is 1. The Morgan fingerprint density at radius 3 is 2.35 bits per heavy atom. The lowest BCUT2D eigenvalue weighted by molar-refractivity contribution is -0.120. The van der Waals surface area contributed by atoms with Gasteiger partial charge in [0.05, 0.1) is 5.56 Å². The van der Waals surface area contributed by atoms with Crippen LogP contribution < -0.4 is 10.6 Å². The van der Waals surface area contributed by atoms with E-state index in [0.29, 0.717) is 11.3 Å². The van der Waals surface area contributed by atoms with Gasteiger partial charge >= 0.3 is 6.18 Å². The van der Waals surface area contributed by atoms with Crippen molar-refractivity contribution in [1.29, 1.82) is 0 Å². The highest BCUT2D eigenvalue weighted by Crippen LogP contribution is 2.28. The molecule has 1 aromatic rings. The van der Waals surface area contributed by atoms with Gasteiger partial charge in [0.25, 0.3) is 0 Å². The van der Waals surface area contributed by atoms with Gasteiger partial charge in [0.15, 0.2) is 0 Å². The van der Waals surface area contributed by atoms with E-state index in [2.05, 4.69) is 4.98 Å². The van der Waals surface area contributed by atoms with Gasteiger partial charge in [-0.15, -0.1) is 0 Å². The molecule has 0 aliphatic rings. The van der Waals surface area contributed by atoms with E-state index in [9.17, 15) is 13.2 Å². The van der Waals surface area contributed by atoms with Crippen LogP contribution in [0.1, 0.15) is 30.7 Å². The Labute approximate surface area is 122 Å². The largest absolute Gasteiger partial charge is 0.405 e. The predicted octanol–water partition coefficient (Wildman–Crippen LogP) is 3.11. The topological polar surface area (TPSA) is 42.1 Å². The third-order valence-corrected chi connectivity index (χ3v) is 3.02. The first kappa shape index (κ1) is 16.7. The lowest BCUT2D eigenvalue weighted by atomic mass is 10.1. The number of hydrogen-bond donors (Lipinski definition) is 1. The van der Waals surface area contributed by atoms with Gasteiger partial charge in [-0.2, -0.15) is 13.2 Å². The second-order valence-corrected chi connectivity index (χ2v) is 5.42. The van der Waals surface area contributed by atoms with Crippen molar-refractivity contribution in [2.75, 3.05) is 11.4 Å². The molecule has 3 nitrogen and oxygen atoms in total. The first-order valence-electron chi connectivity index (χ1n) is 6.14. The van der Waals surface area contributed by atoms with Crippen molar-refractivity contribution < 1.29 is 13.2 Å². The molecule has 112 valence electrons. The fourth-order valence-electron chi connectivity index (χ4n) is 2.02. The van der Waals surface area contributed by atoms with E-state index >= 15 is 0 Å². The molecule has 0 aliphatic heterocycles. The molecule has 0 aliphatic carbocycles. The molecule has 1 aromatic heterocycles. The number of thiocarbonyl (C=S) groups is 1. The van der Waals surface area contributed by atoms with Crippen LogP contribution in [0.25, 0.3) is 0 Å². The molecule has 1 heterocycles. The van der Waals surface area contributed by atoms with Crippen LogP contribution in [0.4, 0.5) is 19.0 Å². The Hall–Kier alpha value is -1.37. The number of anilines is 1. The molecule has 7 heteroatoms. The van der Waals surface area contributed by atoms with E-state index in [1.54, 1.807) is 33.8 Å². The standard InChI is InChI=1S/C13H18F3N3S/c1-7(2)19(6-13(14,15)16)12-10(11(17)20)8(3)5-9(4)18-12/h5,7H,6H2,1-4H3,(H2,17,20). The van der Waals surface area contributed by atoms with E-state index in [1.165, 1.54) is 4.90 Å². The maximum Gasteiger partial charge on any atom is 0.405 e. The molecule has 0 atom stereocenters. The van der Waals surface area contributed by atoms with Gasteiger partial charge in [0.1, 0.15) is 17.4 Å². The molecule has 20 heavy (non-hydrogen) atoms. The normalized spacial score (nSPS) is 11.8. The van der Waals surface area contributed by atoms with Crippen molar-refractivity contribution in [2.24, 2.45) is 5.73 Å². The second-order valence-electron chi connectivity index (χ2n) is 4.98. The molecular weight excluding hydrogens is 287 g/mol. The van der Waals surface area contributed by atoms with Crippen molar-refractivity contribution in [1.82, 2.24) is 4.98 Å². The third-order valence-electron chi connectivity index (χ3n) is 2.82. The summed E-state index contributed by atoms with van der Waals surface area (Å²) in [4.78, 5) is 5.45. The number of nitrogens with zero attached hydrogens (tertiary/aromatic N) is 2. The Bertz CT molecular complexity index is 512. The zero-order chi connectivity index (χ0) is 15.7. The Balaban J connectivity index is 3.43. The molecular formula is C13H18F3N3S. The molecule has 0 unspecified atom stereocenters. The van der Waals surface area contributed by atoms with Gasteiger partial charge in [-0.25, -0.2) is 4.98 Å². The fourth-order valence-corrected chi connectivity index (χ4v) is 2.28. The summed E-state index contributed by atoms with van der Waals surface area (Å²) in [6.07, 6.45) is -4.32. The average Bonchev–Trinajstić information content (AvgIpc) is 2.22. The molecule has 0 saturated heterocycles. The summed E-state index contributed by atoms with van der Waals surface area (Å²) in [6, 6.07) is 1.38. The van der Waals surface area contributed by atoms with E-state index in [1.807, 2.05) is 0 Å². The van der Waals surface area contributed by atoms with Crippen molar-refractivity contribution in [2.45, 2.75) is 39.9 Å². The fraction of sp³-hybridized carbons (Fsp3) is 0.538. The van der Waals surface area contributed by atoms with Crippen LogP contribution in [0, 0.1) is 13.8 Å². The Morgan fingerprint density at radius 2 is 1.95 bits per heavy atom. The predicted molar refractivity (Wildman–Crippen MR) is 78.1 cm³/mol. The molecule has 0 spiro atoms. The molecule has 0 amide bonds. The number of aryl methyl sites for hydroxylation is 2. The van der Waals surface area contributed by atoms with Crippen molar-refractivity contribution in [3.63, 3.8) is 0 Å². The summed E-state index contributed by atoms with van der Waals surface area (Å²) in [5, 5.41) is 0. The number of halogens is 3. The minimum absolute atomic E-state index is 0.0535. The summed E-state index contributed by atoms with van der Waals surface area (Å²) >= 11 is 4.96. The average molecular weight is 305 g/mol. The Kier molecular flexibility index (Phi) is 4.96. The van der Waals surface area contributed by atoms with E-state index < -0.39 is 12.7 Å². The zero-order valence-corrected chi connectivity index (χ0v) is 12.7.